The van der Waals surface area contributed by atoms with Crippen molar-refractivity contribution >= 4 is 15.9 Å². The fourth-order valence-corrected chi connectivity index (χ4v) is 2.95. The van der Waals surface area contributed by atoms with E-state index in [0.29, 0.717) is 5.92 Å². The van der Waals surface area contributed by atoms with Crippen LogP contribution < -0.4 is 5.32 Å². The molecule has 1 fully saturated rings. The van der Waals surface area contributed by atoms with Crippen LogP contribution in [0.1, 0.15) is 38.4 Å². The fraction of sp³-hybridized carbons (Fsp3) is 0.833. The Morgan fingerprint density at radius 1 is 1.50 bits per heavy atom. The van der Waals surface area contributed by atoms with Crippen LogP contribution in [0.15, 0.2) is 4.60 Å². The van der Waals surface area contributed by atoms with Gasteiger partial charge in [-0.05, 0) is 48.2 Å². The number of ether oxygens (including phenoxy) is 1. The van der Waals surface area contributed by atoms with Crippen LogP contribution in [0.5, 0.6) is 0 Å². The predicted molar refractivity (Wildman–Crippen MR) is 73.3 cm³/mol. The Labute approximate surface area is 116 Å². The predicted octanol–water partition coefficient (Wildman–Crippen LogP) is 2.04. The van der Waals surface area contributed by atoms with Gasteiger partial charge < -0.3 is 10.1 Å². The highest BCUT2D eigenvalue weighted by Gasteiger charge is 2.39. The Bertz CT molecular complexity index is 372. The smallest absolute Gasteiger partial charge is 0.153 e. The van der Waals surface area contributed by atoms with Gasteiger partial charge in [-0.1, -0.05) is 12.1 Å². The van der Waals surface area contributed by atoms with E-state index in [-0.39, 0.29) is 12.1 Å². The Hall–Kier alpha value is -0.460. The zero-order chi connectivity index (χ0) is 13.1. The monoisotopic (exact) mass is 316 g/mol. The quantitative estimate of drug-likeness (QED) is 0.836. The van der Waals surface area contributed by atoms with Crippen LogP contribution in [0.2, 0.25) is 0 Å². The molecular weight excluding hydrogens is 296 g/mol. The number of nitrogens with one attached hydrogen (secondary N) is 1. The number of aryl methyl sites for hydroxylation is 1. The molecule has 2 atom stereocenters. The Morgan fingerprint density at radius 3 is 2.67 bits per heavy atom. The van der Waals surface area contributed by atoms with Crippen molar-refractivity contribution in [3.05, 3.63) is 10.3 Å². The average Bonchev–Trinajstić information content (AvgIpc) is 3.12. The van der Waals surface area contributed by atoms with E-state index in [4.69, 9.17) is 4.74 Å². The molecule has 2 rings (SSSR count). The molecule has 5 nitrogen and oxygen atoms in total. The molecule has 1 N–H and O–H groups in total. The molecule has 1 aromatic heterocycles. The molecule has 0 saturated heterocycles. The van der Waals surface area contributed by atoms with Crippen molar-refractivity contribution in [2.45, 2.75) is 38.8 Å². The van der Waals surface area contributed by atoms with E-state index in [1.54, 1.807) is 0 Å². The van der Waals surface area contributed by atoms with Crippen molar-refractivity contribution in [3.63, 3.8) is 0 Å². The second-order valence-electron chi connectivity index (χ2n) is 4.68. The number of halogens is 1. The maximum atomic E-state index is 5.96. The van der Waals surface area contributed by atoms with Gasteiger partial charge in [-0.25, -0.2) is 4.68 Å². The number of hydrogen-bond acceptors (Lipinski definition) is 4. The highest BCUT2D eigenvalue weighted by Crippen LogP contribution is 2.40. The van der Waals surface area contributed by atoms with E-state index in [0.717, 1.165) is 23.4 Å². The summed E-state index contributed by atoms with van der Waals surface area (Å²) in [5, 5.41) is 11.7. The number of nitrogens with zero attached hydrogens (tertiary/aromatic N) is 3. The van der Waals surface area contributed by atoms with E-state index in [9.17, 15) is 0 Å². The summed E-state index contributed by atoms with van der Waals surface area (Å²) >= 11 is 3.49. The molecule has 0 radical (unpaired) electrons. The van der Waals surface area contributed by atoms with Gasteiger partial charge in [0, 0.05) is 13.7 Å². The summed E-state index contributed by atoms with van der Waals surface area (Å²) in [4.78, 5) is 0. The van der Waals surface area contributed by atoms with Crippen LogP contribution >= 0.6 is 15.9 Å². The van der Waals surface area contributed by atoms with Crippen molar-refractivity contribution in [1.29, 1.82) is 0 Å². The van der Waals surface area contributed by atoms with Gasteiger partial charge >= 0.3 is 0 Å². The maximum Gasteiger partial charge on any atom is 0.153 e. The lowest BCUT2D eigenvalue weighted by atomic mass is 10.0. The van der Waals surface area contributed by atoms with E-state index >= 15 is 0 Å². The molecule has 2 unspecified atom stereocenters. The van der Waals surface area contributed by atoms with E-state index in [1.807, 2.05) is 11.7 Å². The lowest BCUT2D eigenvalue weighted by Gasteiger charge is -2.27. The first-order valence-electron chi connectivity index (χ1n) is 6.59. The standard InChI is InChI=1S/C12H21BrN4O/c1-4-14-9(10-12(13)15-16-17(10)3)11(18-5-2)8-6-7-8/h8-9,11,14H,4-7H2,1-3H3. The third-order valence-corrected chi connectivity index (χ3v) is 3.88. The Kier molecular flexibility index (Phi) is 4.75. The van der Waals surface area contributed by atoms with Crippen molar-refractivity contribution in [2.75, 3.05) is 13.2 Å². The highest BCUT2D eigenvalue weighted by molar-refractivity contribution is 9.10. The topological polar surface area (TPSA) is 52.0 Å². The molecule has 18 heavy (non-hydrogen) atoms. The normalized spacial score (nSPS) is 18.9. The molecule has 1 aliphatic carbocycles. The molecule has 0 spiro atoms. The average molecular weight is 317 g/mol. The fourth-order valence-electron chi connectivity index (χ4n) is 2.38. The summed E-state index contributed by atoms with van der Waals surface area (Å²) in [5.41, 5.74) is 1.07. The van der Waals surface area contributed by atoms with Gasteiger partial charge in [0.05, 0.1) is 17.8 Å². The van der Waals surface area contributed by atoms with Gasteiger partial charge in [0.1, 0.15) is 0 Å². The maximum absolute atomic E-state index is 5.96. The van der Waals surface area contributed by atoms with Crippen molar-refractivity contribution in [3.8, 4) is 0 Å². The van der Waals surface area contributed by atoms with Gasteiger partial charge in [0.25, 0.3) is 0 Å². The lowest BCUT2D eigenvalue weighted by molar-refractivity contribution is 0.0168. The molecule has 0 aromatic carbocycles. The second kappa shape index (κ2) is 6.12. The summed E-state index contributed by atoms with van der Waals surface area (Å²) in [6.07, 6.45) is 2.73. The van der Waals surface area contributed by atoms with E-state index in [2.05, 4.69) is 45.4 Å². The Balaban J connectivity index is 2.25. The van der Waals surface area contributed by atoms with Crippen LogP contribution in [-0.4, -0.2) is 34.2 Å². The van der Waals surface area contributed by atoms with Gasteiger partial charge in [-0.15, -0.1) is 5.10 Å². The summed E-state index contributed by atoms with van der Waals surface area (Å²) in [6.45, 7) is 5.81. The van der Waals surface area contributed by atoms with Gasteiger partial charge in [-0.3, -0.25) is 0 Å². The number of aromatic nitrogens is 3. The Morgan fingerprint density at radius 2 is 2.22 bits per heavy atom. The number of rotatable bonds is 7. The zero-order valence-electron chi connectivity index (χ0n) is 11.2. The third-order valence-electron chi connectivity index (χ3n) is 3.32. The van der Waals surface area contributed by atoms with Crippen LogP contribution in [0, 0.1) is 5.92 Å². The summed E-state index contributed by atoms with van der Waals surface area (Å²) in [7, 11) is 1.92. The number of likely N-dealkylation sites (N-methyl/N-ethyl adjacent to an activating group) is 1. The minimum absolute atomic E-state index is 0.150. The molecule has 102 valence electrons. The van der Waals surface area contributed by atoms with Crippen molar-refractivity contribution in [1.82, 2.24) is 20.3 Å². The number of hydrogen-bond donors (Lipinski definition) is 1. The molecule has 0 aliphatic heterocycles. The molecule has 1 aliphatic rings. The van der Waals surface area contributed by atoms with Crippen molar-refractivity contribution < 1.29 is 4.74 Å². The minimum Gasteiger partial charge on any atom is -0.376 e. The summed E-state index contributed by atoms with van der Waals surface area (Å²) in [6, 6.07) is 0.150. The van der Waals surface area contributed by atoms with E-state index in [1.165, 1.54) is 12.8 Å². The minimum atomic E-state index is 0.150. The molecular formula is C12H21BrN4O. The summed E-state index contributed by atoms with van der Waals surface area (Å²) in [5.74, 6) is 0.663. The van der Waals surface area contributed by atoms with Crippen LogP contribution in [0.25, 0.3) is 0 Å². The lowest BCUT2D eigenvalue weighted by Crippen LogP contribution is -2.37. The second-order valence-corrected chi connectivity index (χ2v) is 5.43. The van der Waals surface area contributed by atoms with Crippen molar-refractivity contribution in [2.24, 2.45) is 13.0 Å². The highest BCUT2D eigenvalue weighted by atomic mass is 79.9. The molecule has 0 amide bonds. The SMILES string of the molecule is CCNC(c1c(Br)nnn1C)C(OCC)C1CC1. The van der Waals surface area contributed by atoms with Gasteiger partial charge in [0.2, 0.25) is 0 Å². The molecule has 1 heterocycles. The van der Waals surface area contributed by atoms with Gasteiger partial charge in [-0.2, -0.15) is 0 Å². The molecule has 1 aromatic rings. The first kappa shape index (κ1) is 14.0. The largest absolute Gasteiger partial charge is 0.376 e. The first-order chi connectivity index (χ1) is 8.69. The van der Waals surface area contributed by atoms with Crippen LogP contribution in [-0.2, 0) is 11.8 Å². The zero-order valence-corrected chi connectivity index (χ0v) is 12.8. The first-order valence-corrected chi connectivity index (χ1v) is 7.38. The molecule has 0 bridgehead atoms. The molecule has 1 saturated carbocycles. The van der Waals surface area contributed by atoms with E-state index < -0.39 is 0 Å². The van der Waals surface area contributed by atoms with Gasteiger partial charge in [0.15, 0.2) is 4.60 Å². The van der Waals surface area contributed by atoms with Crippen LogP contribution in [0.3, 0.4) is 0 Å². The van der Waals surface area contributed by atoms with Crippen LogP contribution in [0.4, 0.5) is 0 Å². The molecule has 6 heteroatoms. The summed E-state index contributed by atoms with van der Waals surface area (Å²) < 4.78 is 8.59. The third kappa shape index (κ3) is 2.92.